The predicted molar refractivity (Wildman–Crippen MR) is 112 cm³/mol. The third-order valence-electron chi connectivity index (χ3n) is 6.59. The topological polar surface area (TPSA) is 82.6 Å². The van der Waals surface area contributed by atoms with Crippen molar-refractivity contribution in [2.24, 2.45) is 17.8 Å². The minimum Gasteiger partial charge on any atom is -0.469 e. The molecule has 29 heavy (non-hydrogen) atoms. The first-order chi connectivity index (χ1) is 13.9. The molecule has 1 aromatic carbocycles. The van der Waals surface area contributed by atoms with Gasteiger partial charge in [0.25, 0.3) is 0 Å². The van der Waals surface area contributed by atoms with Crippen molar-refractivity contribution in [3.63, 3.8) is 0 Å². The zero-order chi connectivity index (χ0) is 21.1. The lowest BCUT2D eigenvalue weighted by Crippen LogP contribution is -2.47. The first-order valence-corrected chi connectivity index (χ1v) is 10.5. The van der Waals surface area contributed by atoms with Gasteiger partial charge >= 0.3 is 5.97 Å². The number of aromatic nitrogens is 1. The number of nitrogens with zero attached hydrogens (tertiary/aromatic N) is 1. The summed E-state index contributed by atoms with van der Waals surface area (Å²) in [5, 5.41) is 10.7. The summed E-state index contributed by atoms with van der Waals surface area (Å²) in [4.78, 5) is 30.3. The molecule has 0 bridgehead atoms. The van der Waals surface area contributed by atoms with Crippen molar-refractivity contribution in [1.29, 1.82) is 0 Å². The monoisotopic (exact) mass is 400 g/mol. The predicted octanol–water partition coefficient (Wildman–Crippen LogP) is 3.45. The molecule has 2 N–H and O–H groups in total. The number of fused-ring (bicyclic) bond motifs is 1. The van der Waals surface area contributed by atoms with Crippen LogP contribution in [-0.4, -0.2) is 47.1 Å². The van der Waals surface area contributed by atoms with Gasteiger partial charge < -0.3 is 19.7 Å². The Bertz CT molecular complexity index is 875. The Kier molecular flexibility index (Phi) is 6.63. The second-order valence-corrected chi connectivity index (χ2v) is 8.10. The van der Waals surface area contributed by atoms with Crippen molar-refractivity contribution in [2.45, 2.75) is 46.1 Å². The van der Waals surface area contributed by atoms with E-state index in [1.54, 1.807) is 6.92 Å². The molecular formula is C23H32N2O4. The Labute approximate surface area is 172 Å². The highest BCUT2D eigenvalue weighted by Crippen LogP contribution is 2.44. The van der Waals surface area contributed by atoms with Crippen LogP contribution in [0.25, 0.3) is 10.9 Å². The number of hydrogen-bond acceptors (Lipinski definition) is 4. The molecule has 1 fully saturated rings. The quantitative estimate of drug-likeness (QED) is 0.728. The largest absolute Gasteiger partial charge is 0.469 e. The first-order valence-electron chi connectivity index (χ1n) is 10.5. The standard InChI is InChI=1S/C23H32N2O4/c1-5-16-13-25(15(3)27)21(12-19(16)14(2)23(28)29-4)22-18(10-11-26)17-8-6-7-9-20(17)24-22/h6-9,14,16,19,21,24,26H,5,10-13H2,1-4H3/t14-,16+,19-,21+/m0/s1. The minimum absolute atomic E-state index is 0.0335. The van der Waals surface area contributed by atoms with E-state index in [-0.39, 0.29) is 42.3 Å². The molecule has 0 radical (unpaired) electrons. The number of aliphatic hydroxyl groups excluding tert-OH is 1. The number of amides is 1. The molecule has 6 nitrogen and oxygen atoms in total. The van der Waals surface area contributed by atoms with Crippen LogP contribution >= 0.6 is 0 Å². The zero-order valence-corrected chi connectivity index (χ0v) is 17.8. The van der Waals surface area contributed by atoms with Crippen molar-refractivity contribution in [1.82, 2.24) is 9.88 Å². The highest BCUT2D eigenvalue weighted by atomic mass is 16.5. The number of para-hydroxylation sites is 1. The summed E-state index contributed by atoms with van der Waals surface area (Å²) < 4.78 is 5.02. The van der Waals surface area contributed by atoms with Gasteiger partial charge in [0.2, 0.25) is 5.91 Å². The van der Waals surface area contributed by atoms with Crippen LogP contribution in [0, 0.1) is 17.8 Å². The smallest absolute Gasteiger partial charge is 0.308 e. The minimum atomic E-state index is -0.229. The van der Waals surface area contributed by atoms with Gasteiger partial charge in [-0.1, -0.05) is 38.5 Å². The summed E-state index contributed by atoms with van der Waals surface area (Å²) >= 11 is 0. The van der Waals surface area contributed by atoms with Crippen LogP contribution in [0.1, 0.15) is 50.9 Å². The average Bonchev–Trinajstić information content (AvgIpc) is 3.10. The van der Waals surface area contributed by atoms with E-state index in [2.05, 4.69) is 11.9 Å². The number of carbonyl (C=O) groups excluding carboxylic acids is 2. The Hall–Kier alpha value is -2.34. The number of ether oxygens (including phenoxy) is 1. The number of carbonyl (C=O) groups is 2. The second-order valence-electron chi connectivity index (χ2n) is 8.10. The fourth-order valence-electron chi connectivity index (χ4n) is 5.01. The molecule has 1 aliphatic rings. The molecule has 3 rings (SSSR count). The van der Waals surface area contributed by atoms with Crippen molar-refractivity contribution in [3.05, 3.63) is 35.5 Å². The Morgan fingerprint density at radius 1 is 1.34 bits per heavy atom. The van der Waals surface area contributed by atoms with Gasteiger partial charge in [-0.15, -0.1) is 0 Å². The van der Waals surface area contributed by atoms with Crippen molar-refractivity contribution >= 4 is 22.8 Å². The normalized spacial score (nSPS) is 23.2. The molecule has 2 aromatic rings. The number of likely N-dealkylation sites (tertiary alicyclic amines) is 1. The SMILES string of the molecule is CC[C@@H]1CN(C(C)=O)[C@@H](c2[nH]c3ccccc3c2CCO)C[C@H]1[C@H](C)C(=O)OC. The molecule has 6 heteroatoms. The number of hydrogen-bond donors (Lipinski definition) is 2. The molecule has 0 spiro atoms. The summed E-state index contributed by atoms with van der Waals surface area (Å²) in [5.74, 6) is -0.0227. The molecule has 0 aliphatic carbocycles. The fourth-order valence-corrected chi connectivity index (χ4v) is 5.01. The summed E-state index contributed by atoms with van der Waals surface area (Å²) in [5.41, 5.74) is 3.04. The highest BCUT2D eigenvalue weighted by molar-refractivity contribution is 5.85. The number of H-pyrrole nitrogens is 1. The lowest BCUT2D eigenvalue weighted by Gasteiger charge is -2.45. The van der Waals surface area contributed by atoms with E-state index in [0.717, 1.165) is 28.6 Å². The molecule has 1 saturated heterocycles. The van der Waals surface area contributed by atoms with E-state index >= 15 is 0 Å². The number of methoxy groups -OCH3 is 1. The maximum atomic E-state index is 12.6. The number of aromatic amines is 1. The van der Waals surface area contributed by atoms with Crippen molar-refractivity contribution in [3.8, 4) is 0 Å². The molecule has 4 atom stereocenters. The highest BCUT2D eigenvalue weighted by Gasteiger charge is 2.42. The molecular weight excluding hydrogens is 368 g/mol. The maximum Gasteiger partial charge on any atom is 0.308 e. The first kappa shape index (κ1) is 21.4. The van der Waals surface area contributed by atoms with Gasteiger partial charge in [-0.3, -0.25) is 9.59 Å². The number of aliphatic hydroxyl groups is 1. The van der Waals surface area contributed by atoms with Crippen LogP contribution in [0.3, 0.4) is 0 Å². The van der Waals surface area contributed by atoms with E-state index in [9.17, 15) is 14.7 Å². The third kappa shape index (κ3) is 4.04. The molecule has 1 aliphatic heterocycles. The van der Waals surface area contributed by atoms with Gasteiger partial charge in [0.15, 0.2) is 0 Å². The van der Waals surface area contributed by atoms with Gasteiger partial charge in [0, 0.05) is 36.7 Å². The van der Waals surface area contributed by atoms with Crippen LogP contribution in [0.5, 0.6) is 0 Å². The second kappa shape index (κ2) is 8.99. The van der Waals surface area contributed by atoms with Crippen molar-refractivity contribution in [2.75, 3.05) is 20.3 Å². The van der Waals surface area contributed by atoms with E-state index in [1.807, 2.05) is 36.1 Å². The van der Waals surface area contributed by atoms with E-state index < -0.39 is 0 Å². The summed E-state index contributed by atoms with van der Waals surface area (Å²) in [6.45, 7) is 6.32. The lowest BCUT2D eigenvalue weighted by molar-refractivity contribution is -0.150. The summed E-state index contributed by atoms with van der Waals surface area (Å²) in [7, 11) is 1.43. The Morgan fingerprint density at radius 2 is 2.07 bits per heavy atom. The van der Waals surface area contributed by atoms with Crippen LogP contribution in [0.4, 0.5) is 0 Å². The van der Waals surface area contributed by atoms with Gasteiger partial charge in [-0.05, 0) is 36.3 Å². The number of esters is 1. The number of piperidine rings is 1. The molecule has 158 valence electrons. The molecule has 0 unspecified atom stereocenters. The van der Waals surface area contributed by atoms with Crippen LogP contribution in [0.15, 0.2) is 24.3 Å². The fraction of sp³-hybridized carbons (Fsp3) is 0.565. The van der Waals surface area contributed by atoms with E-state index in [4.69, 9.17) is 4.74 Å². The number of nitrogens with one attached hydrogen (secondary N) is 1. The summed E-state index contributed by atoms with van der Waals surface area (Å²) in [6, 6.07) is 7.87. The van der Waals surface area contributed by atoms with Gasteiger partial charge in [0.05, 0.1) is 19.1 Å². The van der Waals surface area contributed by atoms with Gasteiger partial charge in [0.1, 0.15) is 0 Å². The van der Waals surface area contributed by atoms with Gasteiger partial charge in [-0.25, -0.2) is 0 Å². The van der Waals surface area contributed by atoms with E-state index in [0.29, 0.717) is 19.4 Å². The molecule has 1 amide bonds. The van der Waals surface area contributed by atoms with Gasteiger partial charge in [-0.2, -0.15) is 0 Å². The molecule has 2 heterocycles. The number of benzene rings is 1. The third-order valence-corrected chi connectivity index (χ3v) is 6.59. The Morgan fingerprint density at radius 3 is 2.69 bits per heavy atom. The zero-order valence-electron chi connectivity index (χ0n) is 17.8. The Balaban J connectivity index is 2.07. The average molecular weight is 401 g/mol. The van der Waals surface area contributed by atoms with Crippen LogP contribution in [0.2, 0.25) is 0 Å². The number of rotatable bonds is 6. The molecule has 1 aromatic heterocycles. The van der Waals surface area contributed by atoms with Crippen molar-refractivity contribution < 1.29 is 19.4 Å². The molecule has 0 saturated carbocycles. The maximum absolute atomic E-state index is 12.6. The van der Waals surface area contributed by atoms with E-state index in [1.165, 1.54) is 7.11 Å². The van der Waals surface area contributed by atoms with Crippen LogP contribution in [-0.2, 0) is 20.7 Å². The summed E-state index contributed by atoms with van der Waals surface area (Å²) in [6.07, 6.45) is 2.12. The lowest BCUT2D eigenvalue weighted by atomic mass is 9.72. The van der Waals surface area contributed by atoms with Crippen LogP contribution < -0.4 is 0 Å².